The van der Waals surface area contributed by atoms with Gasteiger partial charge >= 0.3 is 0 Å². The van der Waals surface area contributed by atoms with E-state index in [2.05, 4.69) is 11.9 Å². The lowest BCUT2D eigenvalue weighted by Crippen LogP contribution is -2.47. The van der Waals surface area contributed by atoms with Crippen molar-refractivity contribution in [3.63, 3.8) is 0 Å². The van der Waals surface area contributed by atoms with Crippen LogP contribution < -0.4 is 0 Å². The molecule has 17 heavy (non-hydrogen) atoms. The second-order valence-electron chi connectivity index (χ2n) is 5.43. The van der Waals surface area contributed by atoms with Gasteiger partial charge in [0.15, 0.2) is 11.5 Å². The Bertz CT molecular complexity index is 444. The molecule has 1 fully saturated rings. The fraction of sp³-hybridized carbons (Fsp3) is 0.571. The molecule has 3 heteroatoms. The Kier molecular flexibility index (Phi) is 2.51. The first kappa shape index (κ1) is 10.9. The van der Waals surface area contributed by atoms with Crippen LogP contribution >= 0.6 is 0 Å². The van der Waals surface area contributed by atoms with E-state index in [-0.39, 0.29) is 11.5 Å². The zero-order valence-corrected chi connectivity index (χ0v) is 10.2. The molecular weight excluding hydrogens is 214 g/mol. The van der Waals surface area contributed by atoms with Crippen LogP contribution in [0, 0.1) is 5.92 Å². The number of likely N-dealkylation sites (tertiary alicyclic amines) is 1. The standard InChI is InChI=1S/C14H19NO2/c1-15-6-2-3-10-7-11-9(8-12(10)15)4-5-13(16)14(11)17/h4-5,10,12,16-17H,2-3,6-8H2,1H3/t10-,12?/m1/s1. The van der Waals surface area contributed by atoms with Crippen molar-refractivity contribution in [2.24, 2.45) is 5.92 Å². The molecule has 1 aromatic carbocycles. The van der Waals surface area contributed by atoms with Crippen LogP contribution in [0.15, 0.2) is 12.1 Å². The van der Waals surface area contributed by atoms with E-state index >= 15 is 0 Å². The van der Waals surface area contributed by atoms with Gasteiger partial charge < -0.3 is 15.1 Å². The molecule has 3 nitrogen and oxygen atoms in total. The lowest BCUT2D eigenvalue weighted by Gasteiger charge is -2.43. The number of rotatable bonds is 0. The van der Waals surface area contributed by atoms with Crippen LogP contribution in [0.25, 0.3) is 0 Å². The number of fused-ring (bicyclic) bond motifs is 2. The normalized spacial score (nSPS) is 28.5. The summed E-state index contributed by atoms with van der Waals surface area (Å²) in [6, 6.07) is 4.18. The Morgan fingerprint density at radius 3 is 2.88 bits per heavy atom. The van der Waals surface area contributed by atoms with Crippen LogP contribution in [0.2, 0.25) is 0 Å². The van der Waals surface area contributed by atoms with Gasteiger partial charge in [-0.1, -0.05) is 6.07 Å². The molecule has 0 spiro atoms. The molecule has 1 saturated heterocycles. The van der Waals surface area contributed by atoms with Crippen LogP contribution in [0.3, 0.4) is 0 Å². The summed E-state index contributed by atoms with van der Waals surface area (Å²) in [4.78, 5) is 2.45. The molecule has 92 valence electrons. The highest BCUT2D eigenvalue weighted by molar-refractivity contribution is 5.50. The quantitative estimate of drug-likeness (QED) is 0.673. The molecule has 0 radical (unpaired) electrons. The van der Waals surface area contributed by atoms with Crippen molar-refractivity contribution in [3.8, 4) is 11.5 Å². The molecule has 1 aliphatic heterocycles. The summed E-state index contributed by atoms with van der Waals surface area (Å²) in [6.07, 6.45) is 4.39. The van der Waals surface area contributed by atoms with E-state index in [9.17, 15) is 10.2 Å². The molecule has 1 aliphatic carbocycles. The van der Waals surface area contributed by atoms with E-state index in [0.717, 1.165) is 18.4 Å². The van der Waals surface area contributed by atoms with Crippen molar-refractivity contribution in [3.05, 3.63) is 23.3 Å². The van der Waals surface area contributed by atoms with Crippen LogP contribution in [0.5, 0.6) is 11.5 Å². The van der Waals surface area contributed by atoms with Crippen molar-refractivity contribution in [2.45, 2.75) is 31.7 Å². The number of aromatic hydroxyl groups is 2. The summed E-state index contributed by atoms with van der Waals surface area (Å²) in [5, 5.41) is 19.5. The monoisotopic (exact) mass is 233 g/mol. The average molecular weight is 233 g/mol. The van der Waals surface area contributed by atoms with Gasteiger partial charge in [0.1, 0.15) is 0 Å². The van der Waals surface area contributed by atoms with Crippen molar-refractivity contribution in [1.82, 2.24) is 4.90 Å². The second kappa shape index (κ2) is 3.91. The van der Waals surface area contributed by atoms with Crippen LogP contribution in [0.4, 0.5) is 0 Å². The highest BCUT2D eigenvalue weighted by Crippen LogP contribution is 2.41. The topological polar surface area (TPSA) is 43.7 Å². The minimum absolute atomic E-state index is 0.0198. The summed E-state index contributed by atoms with van der Waals surface area (Å²) in [7, 11) is 2.20. The molecule has 1 aromatic rings. The zero-order valence-electron chi connectivity index (χ0n) is 10.2. The number of piperidine rings is 1. The highest BCUT2D eigenvalue weighted by Gasteiger charge is 2.35. The fourth-order valence-corrected chi connectivity index (χ4v) is 3.45. The van der Waals surface area contributed by atoms with E-state index in [1.807, 2.05) is 6.07 Å². The van der Waals surface area contributed by atoms with E-state index in [0.29, 0.717) is 12.0 Å². The molecule has 3 rings (SSSR count). The Labute approximate surface area is 102 Å². The van der Waals surface area contributed by atoms with Gasteiger partial charge in [-0.15, -0.1) is 0 Å². The summed E-state index contributed by atoms with van der Waals surface area (Å²) >= 11 is 0. The molecule has 1 unspecified atom stereocenters. The fourth-order valence-electron chi connectivity index (χ4n) is 3.45. The van der Waals surface area contributed by atoms with Crippen molar-refractivity contribution >= 4 is 0 Å². The predicted octanol–water partition coefficient (Wildman–Crippen LogP) is 1.91. The summed E-state index contributed by atoms with van der Waals surface area (Å²) in [6.45, 7) is 1.18. The molecule has 2 aliphatic rings. The number of hydrogen-bond donors (Lipinski definition) is 2. The van der Waals surface area contributed by atoms with E-state index in [1.165, 1.54) is 24.9 Å². The third-order valence-electron chi connectivity index (χ3n) is 4.45. The Balaban J connectivity index is 1.98. The number of likely N-dealkylation sites (N-methyl/N-ethyl adjacent to an activating group) is 1. The van der Waals surface area contributed by atoms with Crippen LogP contribution in [-0.4, -0.2) is 34.7 Å². The lowest BCUT2D eigenvalue weighted by molar-refractivity contribution is 0.111. The summed E-state index contributed by atoms with van der Waals surface area (Å²) < 4.78 is 0. The SMILES string of the molecule is CN1CCC[C@@H]2Cc3c(ccc(O)c3O)CC21. The van der Waals surface area contributed by atoms with Gasteiger partial charge in [0, 0.05) is 11.6 Å². The minimum Gasteiger partial charge on any atom is -0.504 e. The first-order chi connectivity index (χ1) is 8.16. The van der Waals surface area contributed by atoms with Gasteiger partial charge in [-0.05, 0) is 56.8 Å². The van der Waals surface area contributed by atoms with Crippen molar-refractivity contribution < 1.29 is 10.2 Å². The largest absolute Gasteiger partial charge is 0.504 e. The first-order valence-electron chi connectivity index (χ1n) is 6.39. The van der Waals surface area contributed by atoms with Crippen molar-refractivity contribution in [1.29, 1.82) is 0 Å². The highest BCUT2D eigenvalue weighted by atomic mass is 16.3. The average Bonchev–Trinajstić information content (AvgIpc) is 2.33. The lowest BCUT2D eigenvalue weighted by atomic mass is 9.75. The van der Waals surface area contributed by atoms with Gasteiger partial charge in [-0.25, -0.2) is 0 Å². The predicted molar refractivity (Wildman–Crippen MR) is 66.3 cm³/mol. The maximum atomic E-state index is 9.94. The minimum atomic E-state index is 0.0198. The van der Waals surface area contributed by atoms with Gasteiger partial charge in [-0.3, -0.25) is 0 Å². The van der Waals surface area contributed by atoms with Crippen LogP contribution in [-0.2, 0) is 12.8 Å². The first-order valence-corrected chi connectivity index (χ1v) is 6.39. The maximum absolute atomic E-state index is 9.94. The molecule has 0 aromatic heterocycles. The van der Waals surface area contributed by atoms with Gasteiger partial charge in [-0.2, -0.15) is 0 Å². The van der Waals surface area contributed by atoms with E-state index in [1.54, 1.807) is 6.07 Å². The molecule has 2 atom stereocenters. The number of benzene rings is 1. The van der Waals surface area contributed by atoms with Crippen molar-refractivity contribution in [2.75, 3.05) is 13.6 Å². The summed E-state index contributed by atoms with van der Waals surface area (Å²) in [5.41, 5.74) is 2.18. The second-order valence-corrected chi connectivity index (χ2v) is 5.43. The molecular formula is C14H19NO2. The number of nitrogens with zero attached hydrogens (tertiary/aromatic N) is 1. The maximum Gasteiger partial charge on any atom is 0.160 e. The smallest absolute Gasteiger partial charge is 0.160 e. The molecule has 0 amide bonds. The van der Waals surface area contributed by atoms with E-state index < -0.39 is 0 Å². The van der Waals surface area contributed by atoms with Gasteiger partial charge in [0.2, 0.25) is 0 Å². The van der Waals surface area contributed by atoms with Crippen LogP contribution in [0.1, 0.15) is 24.0 Å². The zero-order chi connectivity index (χ0) is 12.0. The van der Waals surface area contributed by atoms with Gasteiger partial charge in [0.05, 0.1) is 0 Å². The molecule has 2 N–H and O–H groups in total. The number of hydrogen-bond acceptors (Lipinski definition) is 3. The third kappa shape index (κ3) is 1.69. The number of phenolic OH excluding ortho intramolecular Hbond substituents is 2. The Hall–Kier alpha value is -1.22. The Morgan fingerprint density at radius 2 is 2.06 bits per heavy atom. The number of phenols is 2. The molecule has 0 bridgehead atoms. The molecule has 1 heterocycles. The van der Waals surface area contributed by atoms with Gasteiger partial charge in [0.25, 0.3) is 0 Å². The molecule has 0 saturated carbocycles. The third-order valence-corrected chi connectivity index (χ3v) is 4.45. The van der Waals surface area contributed by atoms with E-state index in [4.69, 9.17) is 0 Å². The summed E-state index contributed by atoms with van der Waals surface area (Å²) in [5.74, 6) is 0.759. The Morgan fingerprint density at radius 1 is 1.24 bits per heavy atom.